The fraction of sp³-hybridized carbons (Fsp3) is 0.667. The number of hydrogen-bond acceptors (Lipinski definition) is 5. The van der Waals surface area contributed by atoms with Gasteiger partial charge in [-0.3, -0.25) is 9.79 Å². The first kappa shape index (κ1) is 19.7. The van der Waals surface area contributed by atoms with Crippen LogP contribution in [0.25, 0.3) is 0 Å². The van der Waals surface area contributed by atoms with Crippen molar-refractivity contribution in [3.05, 3.63) is 17.3 Å². The van der Waals surface area contributed by atoms with E-state index in [2.05, 4.69) is 27.1 Å². The second kappa shape index (κ2) is 8.51. The summed E-state index contributed by atoms with van der Waals surface area (Å²) >= 11 is 0. The van der Waals surface area contributed by atoms with E-state index in [-0.39, 0.29) is 41.8 Å². The van der Waals surface area contributed by atoms with E-state index in [1.54, 1.807) is 7.05 Å². The molecule has 0 aliphatic carbocycles. The molecule has 2 atom stereocenters. The molecule has 130 valence electrons. The molecule has 0 aromatic carbocycles. The molecule has 0 spiro atoms. The van der Waals surface area contributed by atoms with Gasteiger partial charge in [0.15, 0.2) is 5.96 Å². The third-order valence-electron chi connectivity index (χ3n) is 4.10. The lowest BCUT2D eigenvalue weighted by Gasteiger charge is -2.20. The standard InChI is InChI=1S/C15H24N4O3.HI/c1-9-7-19(8-12(9)14(20)21-5)15(16-4)17-6-13-18-10(2)11(3)22-13;/h9,12H,6-8H2,1-5H3,(H,16,17);1H. The number of carbonyl (C=O) groups excluding carboxylic acids is 1. The van der Waals surface area contributed by atoms with Crippen molar-refractivity contribution in [2.45, 2.75) is 27.3 Å². The monoisotopic (exact) mass is 436 g/mol. The van der Waals surface area contributed by atoms with E-state index in [1.807, 2.05) is 13.8 Å². The van der Waals surface area contributed by atoms with Gasteiger partial charge in [0.2, 0.25) is 5.89 Å². The number of guanidine groups is 1. The SMILES string of the molecule is CN=C(NCc1nc(C)c(C)o1)N1CC(C)C(C(=O)OC)C1.I. The Bertz CT molecular complexity index is 554. The number of aryl methyl sites for hydroxylation is 2. The molecule has 8 heteroatoms. The van der Waals surface area contributed by atoms with Crippen LogP contribution >= 0.6 is 24.0 Å². The molecule has 1 aromatic heterocycles. The summed E-state index contributed by atoms with van der Waals surface area (Å²) in [4.78, 5) is 22.4. The first-order valence-corrected chi connectivity index (χ1v) is 7.42. The maximum Gasteiger partial charge on any atom is 0.310 e. The number of aromatic nitrogens is 1. The van der Waals surface area contributed by atoms with Gasteiger partial charge < -0.3 is 19.4 Å². The van der Waals surface area contributed by atoms with Crippen molar-refractivity contribution in [3.63, 3.8) is 0 Å². The van der Waals surface area contributed by atoms with Gasteiger partial charge in [0, 0.05) is 20.1 Å². The van der Waals surface area contributed by atoms with Gasteiger partial charge >= 0.3 is 5.97 Å². The summed E-state index contributed by atoms with van der Waals surface area (Å²) in [6.45, 7) is 7.70. The quantitative estimate of drug-likeness (QED) is 0.337. The van der Waals surface area contributed by atoms with Crippen LogP contribution in [0.1, 0.15) is 24.3 Å². The summed E-state index contributed by atoms with van der Waals surface area (Å²) < 4.78 is 10.4. The van der Waals surface area contributed by atoms with Crippen molar-refractivity contribution < 1.29 is 13.9 Å². The largest absolute Gasteiger partial charge is 0.469 e. The molecular formula is C15H25IN4O3. The van der Waals surface area contributed by atoms with Crippen LogP contribution in [0.15, 0.2) is 9.41 Å². The number of carbonyl (C=O) groups is 1. The molecular weight excluding hydrogens is 411 g/mol. The third kappa shape index (κ3) is 4.58. The van der Waals surface area contributed by atoms with Crippen LogP contribution in [0.3, 0.4) is 0 Å². The van der Waals surface area contributed by atoms with E-state index >= 15 is 0 Å². The zero-order valence-electron chi connectivity index (χ0n) is 14.3. The molecule has 0 saturated carbocycles. The highest BCUT2D eigenvalue weighted by atomic mass is 127. The number of likely N-dealkylation sites (tertiary alicyclic amines) is 1. The molecule has 0 amide bonds. The van der Waals surface area contributed by atoms with Gasteiger partial charge in [-0.2, -0.15) is 0 Å². The minimum absolute atomic E-state index is 0. The average molecular weight is 436 g/mol. The Morgan fingerprint density at radius 2 is 2.17 bits per heavy atom. The van der Waals surface area contributed by atoms with Gasteiger partial charge in [0.1, 0.15) is 5.76 Å². The summed E-state index contributed by atoms with van der Waals surface area (Å²) in [5, 5.41) is 3.23. The van der Waals surface area contributed by atoms with Crippen LogP contribution < -0.4 is 5.32 Å². The maximum atomic E-state index is 11.8. The number of esters is 1. The zero-order chi connectivity index (χ0) is 16.3. The van der Waals surface area contributed by atoms with Crippen LogP contribution in [0.4, 0.5) is 0 Å². The summed E-state index contributed by atoms with van der Waals surface area (Å²) in [5.74, 6) is 2.16. The molecule has 7 nitrogen and oxygen atoms in total. The lowest BCUT2D eigenvalue weighted by Crippen LogP contribution is -2.40. The highest BCUT2D eigenvalue weighted by Crippen LogP contribution is 2.24. The first-order chi connectivity index (χ1) is 10.5. The molecule has 1 N–H and O–H groups in total. The maximum absolute atomic E-state index is 11.8. The normalized spacial score (nSPS) is 21.1. The number of hydrogen-bond donors (Lipinski definition) is 1. The Kier molecular flexibility index (Phi) is 7.30. The molecule has 1 aliphatic heterocycles. The van der Waals surface area contributed by atoms with Gasteiger partial charge in [-0.05, 0) is 19.8 Å². The van der Waals surface area contributed by atoms with Gasteiger partial charge in [0.05, 0.1) is 25.3 Å². The smallest absolute Gasteiger partial charge is 0.310 e. The molecule has 2 heterocycles. The molecule has 1 saturated heterocycles. The van der Waals surface area contributed by atoms with E-state index in [4.69, 9.17) is 9.15 Å². The zero-order valence-corrected chi connectivity index (χ0v) is 16.6. The van der Waals surface area contributed by atoms with Crippen LogP contribution in [0.5, 0.6) is 0 Å². The summed E-state index contributed by atoms with van der Waals surface area (Å²) in [6.07, 6.45) is 0. The fourth-order valence-electron chi connectivity index (χ4n) is 2.70. The lowest BCUT2D eigenvalue weighted by atomic mass is 9.99. The Labute approximate surface area is 153 Å². The minimum Gasteiger partial charge on any atom is -0.469 e. The number of methoxy groups -OCH3 is 1. The van der Waals surface area contributed by atoms with E-state index in [1.165, 1.54) is 7.11 Å². The van der Waals surface area contributed by atoms with E-state index < -0.39 is 0 Å². The molecule has 2 unspecified atom stereocenters. The van der Waals surface area contributed by atoms with Gasteiger partial charge in [0.25, 0.3) is 0 Å². The lowest BCUT2D eigenvalue weighted by molar-refractivity contribution is -0.145. The Morgan fingerprint density at radius 1 is 1.48 bits per heavy atom. The van der Waals surface area contributed by atoms with Crippen molar-refractivity contribution in [1.82, 2.24) is 15.2 Å². The molecule has 0 bridgehead atoms. The number of aliphatic imine (C=N–C) groups is 1. The van der Waals surface area contributed by atoms with Crippen molar-refractivity contribution >= 4 is 35.9 Å². The summed E-state index contributed by atoms with van der Waals surface area (Å²) in [5.41, 5.74) is 0.896. The predicted octanol–water partition coefficient (Wildman–Crippen LogP) is 1.73. The Morgan fingerprint density at radius 3 is 2.70 bits per heavy atom. The van der Waals surface area contributed by atoms with Crippen LogP contribution in [-0.4, -0.2) is 49.1 Å². The molecule has 0 radical (unpaired) electrons. The average Bonchev–Trinajstić information content (AvgIpc) is 3.02. The van der Waals surface area contributed by atoms with Crippen LogP contribution in [0.2, 0.25) is 0 Å². The van der Waals surface area contributed by atoms with Crippen molar-refractivity contribution in [1.29, 1.82) is 0 Å². The van der Waals surface area contributed by atoms with Crippen molar-refractivity contribution in [2.75, 3.05) is 27.2 Å². The first-order valence-electron chi connectivity index (χ1n) is 7.42. The fourth-order valence-corrected chi connectivity index (χ4v) is 2.70. The van der Waals surface area contributed by atoms with Crippen LogP contribution in [-0.2, 0) is 16.1 Å². The van der Waals surface area contributed by atoms with Crippen molar-refractivity contribution in [3.8, 4) is 0 Å². The molecule has 1 aliphatic rings. The minimum atomic E-state index is -0.163. The number of rotatable bonds is 3. The van der Waals surface area contributed by atoms with Gasteiger partial charge in [-0.15, -0.1) is 24.0 Å². The number of nitrogens with zero attached hydrogens (tertiary/aromatic N) is 3. The second-order valence-corrected chi connectivity index (χ2v) is 5.66. The molecule has 23 heavy (non-hydrogen) atoms. The summed E-state index contributed by atoms with van der Waals surface area (Å²) in [7, 11) is 3.16. The topological polar surface area (TPSA) is 80.0 Å². The van der Waals surface area contributed by atoms with E-state index in [0.29, 0.717) is 19.0 Å². The Hall–Kier alpha value is -1.32. The summed E-state index contributed by atoms with van der Waals surface area (Å²) in [6, 6.07) is 0. The van der Waals surface area contributed by atoms with Gasteiger partial charge in [-0.1, -0.05) is 6.92 Å². The number of nitrogens with one attached hydrogen (secondary N) is 1. The number of oxazole rings is 1. The number of ether oxygens (including phenoxy) is 1. The number of halogens is 1. The third-order valence-corrected chi connectivity index (χ3v) is 4.10. The molecule has 1 aromatic rings. The van der Waals surface area contributed by atoms with E-state index in [9.17, 15) is 4.79 Å². The van der Waals surface area contributed by atoms with Crippen molar-refractivity contribution in [2.24, 2.45) is 16.8 Å². The highest BCUT2D eigenvalue weighted by molar-refractivity contribution is 14.0. The molecule has 2 rings (SSSR count). The van der Waals surface area contributed by atoms with Crippen LogP contribution in [0, 0.1) is 25.7 Å². The Balaban J connectivity index is 0.00000264. The van der Waals surface area contributed by atoms with Gasteiger partial charge in [-0.25, -0.2) is 4.98 Å². The second-order valence-electron chi connectivity index (χ2n) is 5.66. The highest BCUT2D eigenvalue weighted by Gasteiger charge is 2.36. The van der Waals surface area contributed by atoms with E-state index in [0.717, 1.165) is 24.0 Å². The molecule has 1 fully saturated rings. The predicted molar refractivity (Wildman–Crippen MR) is 97.8 cm³/mol.